The number of aryl methyl sites for hydroxylation is 1. The number of rotatable bonds is 5. The number of benzene rings is 1. The van der Waals surface area contributed by atoms with Gasteiger partial charge in [-0.15, -0.1) is 0 Å². The molecule has 6 heteroatoms. The van der Waals surface area contributed by atoms with Crippen molar-refractivity contribution in [3.05, 3.63) is 52.2 Å². The molecule has 1 fully saturated rings. The van der Waals surface area contributed by atoms with E-state index in [9.17, 15) is 9.90 Å². The lowest BCUT2D eigenvalue weighted by atomic mass is 9.75. The summed E-state index contributed by atoms with van der Waals surface area (Å²) in [5.41, 5.74) is 3.46. The Morgan fingerprint density at radius 1 is 1.24 bits per heavy atom. The van der Waals surface area contributed by atoms with Gasteiger partial charge < -0.3 is 20.0 Å². The van der Waals surface area contributed by atoms with E-state index in [0.29, 0.717) is 24.9 Å². The van der Waals surface area contributed by atoms with Crippen LogP contribution in [0.3, 0.4) is 0 Å². The molecule has 0 radical (unpaired) electrons. The summed E-state index contributed by atoms with van der Waals surface area (Å²) < 4.78 is 1.36. The molecule has 1 aromatic carbocycles. The average molecular weight is 340 g/mol. The molecule has 4 rings (SSSR count). The minimum Gasteiger partial charge on any atom is -0.493 e. The van der Waals surface area contributed by atoms with E-state index >= 15 is 0 Å². The first-order valence-corrected chi connectivity index (χ1v) is 8.76. The second-order valence-corrected chi connectivity index (χ2v) is 7.26. The van der Waals surface area contributed by atoms with Crippen LogP contribution in [0.5, 0.6) is 5.88 Å². The molecular formula is C19H24N4O2. The van der Waals surface area contributed by atoms with Crippen LogP contribution >= 0.6 is 0 Å². The molecule has 0 spiro atoms. The van der Waals surface area contributed by atoms with Gasteiger partial charge in [0, 0.05) is 29.7 Å². The molecule has 0 amide bonds. The van der Waals surface area contributed by atoms with Crippen molar-refractivity contribution in [3.8, 4) is 5.88 Å². The molecule has 25 heavy (non-hydrogen) atoms. The third kappa shape index (κ3) is 2.87. The Bertz CT molecular complexity index is 944. The zero-order chi connectivity index (χ0) is 17.6. The van der Waals surface area contributed by atoms with Crippen molar-refractivity contribution >= 4 is 10.9 Å². The third-order valence-electron chi connectivity index (χ3n) is 5.53. The van der Waals surface area contributed by atoms with Gasteiger partial charge in [-0.3, -0.25) is 4.57 Å². The molecule has 0 unspecified atom stereocenters. The third-order valence-corrected chi connectivity index (χ3v) is 5.53. The first-order valence-electron chi connectivity index (χ1n) is 8.76. The molecule has 3 N–H and O–H groups in total. The number of hydrogen-bond acceptors (Lipinski definition) is 3. The Balaban J connectivity index is 1.54. The number of hydrogen-bond donors (Lipinski definition) is 3. The molecule has 2 aromatic heterocycles. The van der Waals surface area contributed by atoms with Crippen molar-refractivity contribution in [1.82, 2.24) is 19.4 Å². The monoisotopic (exact) mass is 340 g/mol. The average Bonchev–Trinajstić information content (AvgIpc) is 3.08. The fourth-order valence-electron chi connectivity index (χ4n) is 3.79. The van der Waals surface area contributed by atoms with Gasteiger partial charge in [0.1, 0.15) is 0 Å². The molecule has 3 aromatic rings. The van der Waals surface area contributed by atoms with Gasteiger partial charge in [0.25, 0.3) is 0 Å². The van der Waals surface area contributed by atoms with Crippen molar-refractivity contribution in [2.24, 2.45) is 0 Å². The van der Waals surface area contributed by atoms with Crippen LogP contribution in [0.15, 0.2) is 35.4 Å². The van der Waals surface area contributed by atoms with E-state index in [2.05, 4.69) is 53.4 Å². The van der Waals surface area contributed by atoms with Gasteiger partial charge in [-0.25, -0.2) is 4.79 Å². The topological polar surface area (TPSA) is 77.0 Å². The standard InChI is InChI=1S/C19H24N4O2/c1-22(2)14-8-13(9-14)16-10-20-17-4-3-12(7-15(16)17)5-6-23-18(24)11-21-19(23)25/h3-4,7,10-11,13-14,20,24H,5-6,8-9H2,1-2H3,(H,21,25). The van der Waals surface area contributed by atoms with Gasteiger partial charge in [0.15, 0.2) is 0 Å². The molecule has 1 saturated carbocycles. The highest BCUT2D eigenvalue weighted by molar-refractivity contribution is 5.84. The van der Waals surface area contributed by atoms with Crippen LogP contribution in [-0.4, -0.2) is 44.7 Å². The number of nitrogens with zero attached hydrogens (tertiary/aromatic N) is 2. The highest BCUT2D eigenvalue weighted by Gasteiger charge is 2.32. The van der Waals surface area contributed by atoms with E-state index < -0.39 is 0 Å². The number of fused-ring (bicyclic) bond motifs is 1. The van der Waals surface area contributed by atoms with E-state index in [4.69, 9.17) is 0 Å². The summed E-state index contributed by atoms with van der Waals surface area (Å²) in [6, 6.07) is 7.09. The summed E-state index contributed by atoms with van der Waals surface area (Å²) in [4.78, 5) is 19.8. The van der Waals surface area contributed by atoms with Gasteiger partial charge in [-0.2, -0.15) is 0 Å². The molecule has 1 aliphatic rings. The molecule has 1 aliphatic carbocycles. The van der Waals surface area contributed by atoms with Crippen LogP contribution in [0.2, 0.25) is 0 Å². The largest absolute Gasteiger partial charge is 0.493 e. The molecule has 0 saturated heterocycles. The summed E-state index contributed by atoms with van der Waals surface area (Å²) in [7, 11) is 4.29. The van der Waals surface area contributed by atoms with E-state index in [1.807, 2.05) is 0 Å². The fourth-order valence-corrected chi connectivity index (χ4v) is 3.79. The van der Waals surface area contributed by atoms with Gasteiger partial charge in [0.05, 0.1) is 6.20 Å². The molecule has 0 atom stereocenters. The minimum absolute atomic E-state index is 0.0161. The zero-order valence-corrected chi connectivity index (χ0v) is 14.6. The van der Waals surface area contributed by atoms with Gasteiger partial charge in [-0.05, 0) is 62.5 Å². The first-order chi connectivity index (χ1) is 12.0. The minimum atomic E-state index is -0.273. The number of imidazole rings is 1. The highest BCUT2D eigenvalue weighted by Crippen LogP contribution is 2.41. The fraction of sp³-hybridized carbons (Fsp3) is 0.421. The normalized spacial score (nSPS) is 20.3. The number of H-pyrrole nitrogens is 2. The van der Waals surface area contributed by atoms with Crippen LogP contribution in [0.4, 0.5) is 0 Å². The lowest BCUT2D eigenvalue weighted by Gasteiger charge is -2.39. The summed E-state index contributed by atoms with van der Waals surface area (Å²) in [6.45, 7) is 0.464. The lowest BCUT2D eigenvalue weighted by molar-refractivity contribution is 0.167. The van der Waals surface area contributed by atoms with Crippen LogP contribution in [0, 0.1) is 0 Å². The Labute approximate surface area is 146 Å². The Hall–Kier alpha value is -2.47. The Morgan fingerprint density at radius 3 is 2.72 bits per heavy atom. The van der Waals surface area contributed by atoms with Crippen LogP contribution < -0.4 is 5.69 Å². The maximum atomic E-state index is 11.6. The van der Waals surface area contributed by atoms with Crippen LogP contribution in [0.25, 0.3) is 10.9 Å². The second-order valence-electron chi connectivity index (χ2n) is 7.26. The second kappa shape index (κ2) is 6.11. The number of aromatic nitrogens is 3. The molecule has 2 heterocycles. The van der Waals surface area contributed by atoms with Crippen LogP contribution in [0.1, 0.15) is 29.9 Å². The van der Waals surface area contributed by atoms with E-state index in [1.165, 1.54) is 40.1 Å². The van der Waals surface area contributed by atoms with Gasteiger partial charge in [-0.1, -0.05) is 6.07 Å². The smallest absolute Gasteiger partial charge is 0.328 e. The van der Waals surface area contributed by atoms with Crippen LogP contribution in [-0.2, 0) is 13.0 Å². The lowest BCUT2D eigenvalue weighted by Crippen LogP contribution is -2.39. The summed E-state index contributed by atoms with van der Waals surface area (Å²) in [6.07, 6.45) is 6.59. The van der Waals surface area contributed by atoms with Crippen molar-refractivity contribution in [1.29, 1.82) is 0 Å². The summed E-state index contributed by atoms with van der Waals surface area (Å²) in [5.74, 6) is 0.602. The number of aromatic hydroxyl groups is 1. The van der Waals surface area contributed by atoms with Gasteiger partial charge in [0.2, 0.25) is 5.88 Å². The van der Waals surface area contributed by atoms with E-state index in [0.717, 1.165) is 5.52 Å². The van der Waals surface area contributed by atoms with Crippen molar-refractivity contribution < 1.29 is 5.11 Å². The molecule has 0 bridgehead atoms. The van der Waals surface area contributed by atoms with E-state index in [-0.39, 0.29) is 11.6 Å². The summed E-state index contributed by atoms with van der Waals surface area (Å²) >= 11 is 0. The molecule has 6 nitrogen and oxygen atoms in total. The predicted molar refractivity (Wildman–Crippen MR) is 98.2 cm³/mol. The predicted octanol–water partition coefficient (Wildman–Crippen LogP) is 2.41. The molecular weight excluding hydrogens is 316 g/mol. The molecule has 0 aliphatic heterocycles. The van der Waals surface area contributed by atoms with Crippen molar-refractivity contribution in [2.75, 3.05) is 14.1 Å². The first kappa shape index (κ1) is 16.0. The SMILES string of the molecule is CN(C)C1CC(c2c[nH]c3ccc(CCn4c(O)c[nH]c4=O)cc23)C1. The highest BCUT2D eigenvalue weighted by atomic mass is 16.3. The number of aromatic amines is 2. The Kier molecular flexibility index (Phi) is 3.92. The maximum Gasteiger partial charge on any atom is 0.328 e. The zero-order valence-electron chi connectivity index (χ0n) is 14.6. The summed E-state index contributed by atoms with van der Waals surface area (Å²) in [5, 5.41) is 11.0. The van der Waals surface area contributed by atoms with E-state index in [1.54, 1.807) is 0 Å². The van der Waals surface area contributed by atoms with Gasteiger partial charge >= 0.3 is 5.69 Å². The number of nitrogens with one attached hydrogen (secondary N) is 2. The van der Waals surface area contributed by atoms with Crippen molar-refractivity contribution in [2.45, 2.75) is 37.8 Å². The molecule has 132 valence electrons. The van der Waals surface area contributed by atoms with Crippen molar-refractivity contribution in [3.63, 3.8) is 0 Å². The maximum absolute atomic E-state index is 11.6. The Morgan fingerprint density at radius 2 is 2.04 bits per heavy atom. The quantitative estimate of drug-likeness (QED) is 0.667.